The van der Waals surface area contributed by atoms with Crippen LogP contribution in [0.4, 0.5) is 4.79 Å². The second-order valence-electron chi connectivity index (χ2n) is 6.33. The minimum Gasteiger partial charge on any atom is -0.507 e. The number of carbonyl (C=O) groups is 2. The molecule has 1 N–H and O–H groups in total. The van der Waals surface area contributed by atoms with Crippen molar-refractivity contribution in [2.75, 3.05) is 7.11 Å². The molecule has 0 aliphatic carbocycles. The summed E-state index contributed by atoms with van der Waals surface area (Å²) in [6, 6.07) is 18.4. The highest BCUT2D eigenvalue weighted by Crippen LogP contribution is 2.36. The summed E-state index contributed by atoms with van der Waals surface area (Å²) >= 11 is 0.870. The first-order chi connectivity index (χ1) is 13.6. The molecule has 1 fully saturated rings. The number of phenolic OH excluding ortho intramolecular Hbond substituents is 1. The van der Waals surface area contributed by atoms with Crippen LogP contribution < -0.4 is 4.74 Å². The molecule has 0 radical (unpaired) electrons. The van der Waals surface area contributed by atoms with Crippen LogP contribution >= 0.6 is 11.8 Å². The summed E-state index contributed by atoms with van der Waals surface area (Å²) in [6.07, 6.45) is 1.52. The number of carbonyl (C=O) groups excluding carboxylic acids is 2. The van der Waals surface area contributed by atoms with E-state index < -0.39 is 0 Å². The Bertz CT molecular complexity index is 1120. The van der Waals surface area contributed by atoms with Crippen molar-refractivity contribution in [1.29, 1.82) is 0 Å². The third-order valence-electron chi connectivity index (χ3n) is 4.60. The zero-order valence-electron chi connectivity index (χ0n) is 15.1. The molecule has 1 saturated heterocycles. The highest BCUT2D eigenvalue weighted by molar-refractivity contribution is 8.18. The SMILES string of the molecule is COc1ccc(O)c(/C=C2\SC(=O)N(Cc3cccc4ccccc34)C2=O)c1. The van der Waals surface area contributed by atoms with E-state index in [1.54, 1.807) is 12.1 Å². The van der Waals surface area contributed by atoms with Crippen molar-refractivity contribution >= 4 is 39.8 Å². The molecule has 0 saturated carbocycles. The van der Waals surface area contributed by atoms with Gasteiger partial charge in [0, 0.05) is 5.56 Å². The molecule has 0 spiro atoms. The Morgan fingerprint density at radius 1 is 1.07 bits per heavy atom. The number of amides is 2. The van der Waals surface area contributed by atoms with Gasteiger partial charge in [-0.2, -0.15) is 0 Å². The predicted molar refractivity (Wildman–Crippen MR) is 110 cm³/mol. The maximum Gasteiger partial charge on any atom is 0.293 e. The molecule has 1 aliphatic heterocycles. The minimum atomic E-state index is -0.370. The van der Waals surface area contributed by atoms with Crippen molar-refractivity contribution in [3.8, 4) is 11.5 Å². The van der Waals surface area contributed by atoms with Crippen LogP contribution in [0.25, 0.3) is 16.8 Å². The van der Waals surface area contributed by atoms with Crippen LogP contribution in [0.1, 0.15) is 11.1 Å². The third-order valence-corrected chi connectivity index (χ3v) is 5.51. The van der Waals surface area contributed by atoms with Gasteiger partial charge in [-0.1, -0.05) is 42.5 Å². The number of methoxy groups -OCH3 is 1. The van der Waals surface area contributed by atoms with E-state index in [0.717, 1.165) is 28.1 Å². The maximum absolute atomic E-state index is 12.8. The zero-order chi connectivity index (χ0) is 19.7. The third kappa shape index (κ3) is 3.34. The van der Waals surface area contributed by atoms with E-state index in [1.165, 1.54) is 24.2 Å². The van der Waals surface area contributed by atoms with Gasteiger partial charge in [-0.15, -0.1) is 0 Å². The van der Waals surface area contributed by atoms with Gasteiger partial charge < -0.3 is 9.84 Å². The van der Waals surface area contributed by atoms with Gasteiger partial charge in [-0.25, -0.2) is 0 Å². The summed E-state index contributed by atoms with van der Waals surface area (Å²) in [5, 5.41) is 11.8. The first-order valence-electron chi connectivity index (χ1n) is 8.66. The average Bonchev–Trinajstić information content (AvgIpc) is 2.97. The highest BCUT2D eigenvalue weighted by atomic mass is 32.2. The quantitative estimate of drug-likeness (QED) is 0.648. The molecule has 3 aromatic rings. The van der Waals surface area contributed by atoms with Gasteiger partial charge in [0.05, 0.1) is 18.6 Å². The van der Waals surface area contributed by atoms with Gasteiger partial charge >= 0.3 is 0 Å². The van der Waals surface area contributed by atoms with E-state index in [1.807, 2.05) is 42.5 Å². The van der Waals surface area contributed by atoms with Crippen molar-refractivity contribution in [1.82, 2.24) is 4.90 Å². The summed E-state index contributed by atoms with van der Waals surface area (Å²) in [6.45, 7) is 0.202. The number of imide groups is 1. The van der Waals surface area contributed by atoms with Crippen molar-refractivity contribution in [3.63, 3.8) is 0 Å². The van der Waals surface area contributed by atoms with E-state index >= 15 is 0 Å². The molecule has 4 rings (SSSR count). The number of hydrogen-bond acceptors (Lipinski definition) is 5. The van der Waals surface area contributed by atoms with Gasteiger partial charge in [0.2, 0.25) is 0 Å². The van der Waals surface area contributed by atoms with Crippen molar-refractivity contribution in [2.45, 2.75) is 6.54 Å². The van der Waals surface area contributed by atoms with Gasteiger partial charge in [-0.3, -0.25) is 14.5 Å². The number of aromatic hydroxyl groups is 1. The molecule has 3 aromatic carbocycles. The van der Waals surface area contributed by atoms with Gasteiger partial charge in [-0.05, 0) is 52.4 Å². The molecular weight excluding hydrogens is 374 g/mol. The lowest BCUT2D eigenvalue weighted by atomic mass is 10.0. The Balaban J connectivity index is 1.64. The zero-order valence-corrected chi connectivity index (χ0v) is 15.9. The lowest BCUT2D eigenvalue weighted by Gasteiger charge is -2.14. The van der Waals surface area contributed by atoms with Gasteiger partial charge in [0.1, 0.15) is 11.5 Å². The monoisotopic (exact) mass is 391 g/mol. The van der Waals surface area contributed by atoms with E-state index in [4.69, 9.17) is 4.74 Å². The molecule has 1 aliphatic rings. The largest absolute Gasteiger partial charge is 0.507 e. The van der Waals surface area contributed by atoms with Gasteiger partial charge in [0.15, 0.2) is 0 Å². The summed E-state index contributed by atoms with van der Waals surface area (Å²) in [7, 11) is 1.52. The van der Waals surface area contributed by atoms with Crippen LogP contribution in [0.2, 0.25) is 0 Å². The molecule has 2 amide bonds. The smallest absolute Gasteiger partial charge is 0.293 e. The normalized spacial score (nSPS) is 15.6. The summed E-state index contributed by atoms with van der Waals surface area (Å²) < 4.78 is 5.15. The first-order valence-corrected chi connectivity index (χ1v) is 9.47. The second-order valence-corrected chi connectivity index (χ2v) is 7.32. The van der Waals surface area contributed by atoms with Crippen LogP contribution in [-0.4, -0.2) is 28.3 Å². The summed E-state index contributed by atoms with van der Waals surface area (Å²) in [5.41, 5.74) is 1.33. The van der Waals surface area contributed by atoms with E-state index in [-0.39, 0.29) is 28.3 Å². The van der Waals surface area contributed by atoms with E-state index in [2.05, 4.69) is 0 Å². The Hall–Kier alpha value is -3.25. The maximum atomic E-state index is 12.8. The first kappa shape index (κ1) is 18.1. The molecular formula is C22H17NO4S. The van der Waals surface area contributed by atoms with Crippen molar-refractivity contribution < 1.29 is 19.4 Å². The van der Waals surface area contributed by atoms with Crippen LogP contribution in [0.15, 0.2) is 65.6 Å². The standard InChI is InChI=1S/C22H17NO4S/c1-27-17-9-10-19(24)16(11-17)12-20-21(25)23(22(26)28-20)13-15-7-4-6-14-5-2-3-8-18(14)15/h2-12,24H,13H2,1H3/b20-12-. The predicted octanol–water partition coefficient (Wildman–Crippen LogP) is 4.79. The molecule has 0 aromatic heterocycles. The van der Waals surface area contributed by atoms with Crippen LogP contribution in [0.3, 0.4) is 0 Å². The fourth-order valence-corrected chi connectivity index (χ4v) is 3.98. The summed E-state index contributed by atoms with van der Waals surface area (Å²) in [4.78, 5) is 26.8. The average molecular weight is 391 g/mol. The molecule has 5 nitrogen and oxygen atoms in total. The fourth-order valence-electron chi connectivity index (χ4n) is 3.15. The van der Waals surface area contributed by atoms with Crippen LogP contribution in [0.5, 0.6) is 11.5 Å². The number of fused-ring (bicyclic) bond motifs is 1. The lowest BCUT2D eigenvalue weighted by Crippen LogP contribution is -2.27. The lowest BCUT2D eigenvalue weighted by molar-refractivity contribution is -0.123. The van der Waals surface area contributed by atoms with Crippen LogP contribution in [-0.2, 0) is 11.3 Å². The van der Waals surface area contributed by atoms with Gasteiger partial charge in [0.25, 0.3) is 11.1 Å². The molecule has 1 heterocycles. The van der Waals surface area contributed by atoms with Crippen LogP contribution in [0, 0.1) is 0 Å². The Morgan fingerprint density at radius 2 is 1.86 bits per heavy atom. The molecule has 28 heavy (non-hydrogen) atoms. The molecule has 6 heteroatoms. The second kappa shape index (κ2) is 7.40. The van der Waals surface area contributed by atoms with Crippen molar-refractivity contribution in [3.05, 3.63) is 76.7 Å². The Kier molecular flexibility index (Phi) is 4.79. The summed E-state index contributed by atoms with van der Waals surface area (Å²) in [5.74, 6) is 0.200. The number of ether oxygens (including phenoxy) is 1. The number of rotatable bonds is 4. The number of hydrogen-bond donors (Lipinski definition) is 1. The highest BCUT2D eigenvalue weighted by Gasteiger charge is 2.35. The molecule has 140 valence electrons. The topological polar surface area (TPSA) is 66.8 Å². The molecule has 0 bridgehead atoms. The minimum absolute atomic E-state index is 0.0154. The Labute approximate surface area is 166 Å². The Morgan fingerprint density at radius 3 is 2.68 bits per heavy atom. The number of benzene rings is 3. The number of nitrogens with zero attached hydrogens (tertiary/aromatic N) is 1. The van der Waals surface area contributed by atoms with E-state index in [9.17, 15) is 14.7 Å². The number of phenols is 1. The molecule has 0 unspecified atom stereocenters. The van der Waals surface area contributed by atoms with E-state index in [0.29, 0.717) is 11.3 Å². The molecule has 0 atom stereocenters. The van der Waals surface area contributed by atoms with Crippen molar-refractivity contribution in [2.24, 2.45) is 0 Å². The fraction of sp³-hybridized carbons (Fsp3) is 0.0909. The number of thioether (sulfide) groups is 1.